The molecule has 21 heavy (non-hydrogen) atoms. The Morgan fingerprint density at radius 3 is 2.71 bits per heavy atom. The number of nitro groups is 1. The van der Waals surface area contributed by atoms with E-state index < -0.39 is 4.92 Å². The number of nitrogens with zero attached hydrogens (tertiary/aromatic N) is 5. The van der Waals surface area contributed by atoms with Gasteiger partial charge >= 0.3 is 5.69 Å². The Bertz CT molecular complexity index is 554. The van der Waals surface area contributed by atoms with Crippen LogP contribution >= 0.6 is 0 Å². The molecule has 8 heteroatoms. The van der Waals surface area contributed by atoms with E-state index in [1.807, 2.05) is 0 Å². The lowest BCUT2D eigenvalue weighted by Gasteiger charge is -2.33. The summed E-state index contributed by atoms with van der Waals surface area (Å²) < 4.78 is 1.42. The van der Waals surface area contributed by atoms with Crippen LogP contribution in [0, 0.1) is 22.5 Å². The standard InChI is InChI=1S/C13H17N5O3/c1-2-4-15-6-8-16(9-7-15)13(19)3-5-17-11-12(10-14-17)18(20)21/h1,10-11H,3-9H2. The van der Waals surface area contributed by atoms with Crippen molar-refractivity contribution in [2.24, 2.45) is 0 Å². The van der Waals surface area contributed by atoms with Gasteiger partial charge in [0, 0.05) is 39.1 Å². The van der Waals surface area contributed by atoms with Crippen LogP contribution in [0.2, 0.25) is 0 Å². The van der Waals surface area contributed by atoms with Crippen LogP contribution in [0.15, 0.2) is 12.4 Å². The van der Waals surface area contributed by atoms with E-state index in [4.69, 9.17) is 6.42 Å². The monoisotopic (exact) mass is 291 g/mol. The van der Waals surface area contributed by atoms with Crippen LogP contribution < -0.4 is 0 Å². The predicted molar refractivity (Wildman–Crippen MR) is 75.4 cm³/mol. The van der Waals surface area contributed by atoms with Gasteiger partial charge < -0.3 is 4.90 Å². The number of piperazine rings is 1. The molecule has 1 aromatic rings. The normalized spacial score (nSPS) is 15.7. The van der Waals surface area contributed by atoms with Gasteiger partial charge in [-0.3, -0.25) is 24.5 Å². The van der Waals surface area contributed by atoms with Crippen molar-refractivity contribution in [1.29, 1.82) is 0 Å². The lowest BCUT2D eigenvalue weighted by molar-refractivity contribution is -0.385. The Kier molecular flexibility index (Phi) is 4.90. The SMILES string of the molecule is C#CCN1CCN(C(=O)CCn2cc([N+](=O)[O-])cn2)CC1. The van der Waals surface area contributed by atoms with Gasteiger partial charge in [-0.1, -0.05) is 5.92 Å². The zero-order valence-corrected chi connectivity index (χ0v) is 11.6. The maximum Gasteiger partial charge on any atom is 0.306 e. The van der Waals surface area contributed by atoms with Crippen molar-refractivity contribution in [3.05, 3.63) is 22.5 Å². The average Bonchev–Trinajstić information content (AvgIpc) is 2.95. The fourth-order valence-corrected chi connectivity index (χ4v) is 2.22. The van der Waals surface area contributed by atoms with Crippen molar-refractivity contribution in [2.45, 2.75) is 13.0 Å². The first-order chi connectivity index (χ1) is 10.1. The van der Waals surface area contributed by atoms with Gasteiger partial charge in [0.2, 0.25) is 5.91 Å². The molecule has 0 aromatic carbocycles. The highest BCUT2D eigenvalue weighted by Crippen LogP contribution is 2.09. The highest BCUT2D eigenvalue weighted by atomic mass is 16.6. The van der Waals surface area contributed by atoms with Crippen molar-refractivity contribution in [1.82, 2.24) is 19.6 Å². The van der Waals surface area contributed by atoms with E-state index in [9.17, 15) is 14.9 Å². The molecule has 0 atom stereocenters. The number of amides is 1. The molecular weight excluding hydrogens is 274 g/mol. The molecule has 1 amide bonds. The van der Waals surface area contributed by atoms with Gasteiger partial charge in [-0.2, -0.15) is 5.10 Å². The fraction of sp³-hybridized carbons (Fsp3) is 0.538. The molecule has 1 saturated heterocycles. The third-order valence-electron chi connectivity index (χ3n) is 3.43. The molecule has 2 rings (SSSR count). The van der Waals surface area contributed by atoms with Gasteiger partial charge in [-0.15, -0.1) is 6.42 Å². The van der Waals surface area contributed by atoms with Crippen LogP contribution in [-0.4, -0.2) is 63.1 Å². The van der Waals surface area contributed by atoms with Crippen LogP contribution in [0.4, 0.5) is 5.69 Å². The van der Waals surface area contributed by atoms with E-state index >= 15 is 0 Å². The average molecular weight is 291 g/mol. The predicted octanol–water partition coefficient (Wildman–Crippen LogP) is -0.0412. The molecule has 0 bridgehead atoms. The smallest absolute Gasteiger partial charge is 0.306 e. The second-order valence-electron chi connectivity index (χ2n) is 4.83. The quantitative estimate of drug-likeness (QED) is 0.432. The summed E-state index contributed by atoms with van der Waals surface area (Å²) in [5, 5.41) is 14.4. The van der Waals surface area contributed by atoms with Gasteiger partial charge in [-0.05, 0) is 0 Å². The number of hydrogen-bond donors (Lipinski definition) is 0. The third kappa shape index (κ3) is 4.03. The molecule has 0 radical (unpaired) electrons. The molecule has 1 aromatic heterocycles. The second-order valence-corrected chi connectivity index (χ2v) is 4.83. The van der Waals surface area contributed by atoms with Gasteiger partial charge in [0.1, 0.15) is 12.4 Å². The van der Waals surface area contributed by atoms with Crippen LogP contribution in [-0.2, 0) is 11.3 Å². The minimum absolute atomic E-state index is 0.0357. The zero-order valence-electron chi connectivity index (χ0n) is 11.6. The number of aromatic nitrogens is 2. The summed E-state index contributed by atoms with van der Waals surface area (Å²) in [7, 11) is 0. The first-order valence-electron chi connectivity index (χ1n) is 6.70. The minimum atomic E-state index is -0.504. The first kappa shape index (κ1) is 15.0. The van der Waals surface area contributed by atoms with E-state index in [1.165, 1.54) is 17.1 Å². The van der Waals surface area contributed by atoms with Crippen LogP contribution in [0.25, 0.3) is 0 Å². The Balaban J connectivity index is 1.77. The van der Waals surface area contributed by atoms with Gasteiger partial charge in [-0.25, -0.2) is 0 Å². The van der Waals surface area contributed by atoms with E-state index in [2.05, 4.69) is 15.9 Å². The summed E-state index contributed by atoms with van der Waals surface area (Å²) in [5.41, 5.74) is -0.0645. The lowest BCUT2D eigenvalue weighted by atomic mass is 10.2. The Morgan fingerprint density at radius 1 is 1.43 bits per heavy atom. The van der Waals surface area contributed by atoms with E-state index in [1.54, 1.807) is 4.90 Å². The molecule has 112 valence electrons. The van der Waals surface area contributed by atoms with Crippen LogP contribution in [0.5, 0.6) is 0 Å². The van der Waals surface area contributed by atoms with Crippen molar-refractivity contribution in [2.75, 3.05) is 32.7 Å². The Morgan fingerprint density at radius 2 is 2.14 bits per heavy atom. The molecule has 0 saturated carbocycles. The van der Waals surface area contributed by atoms with Crippen molar-refractivity contribution < 1.29 is 9.72 Å². The largest absolute Gasteiger partial charge is 0.340 e. The summed E-state index contributed by atoms with van der Waals surface area (Å²) in [4.78, 5) is 26.0. The molecule has 1 aliphatic heterocycles. The number of aryl methyl sites for hydroxylation is 1. The Hall–Kier alpha value is -2.40. The molecular formula is C13H17N5O3. The Labute approximate surface area is 122 Å². The van der Waals surface area contributed by atoms with E-state index in [0.29, 0.717) is 26.2 Å². The summed E-state index contributed by atoms with van der Waals surface area (Å²) in [6, 6.07) is 0. The summed E-state index contributed by atoms with van der Waals surface area (Å²) >= 11 is 0. The summed E-state index contributed by atoms with van der Waals surface area (Å²) in [6.45, 7) is 3.85. The van der Waals surface area contributed by atoms with E-state index in [0.717, 1.165) is 13.1 Å². The maximum atomic E-state index is 12.1. The summed E-state index contributed by atoms with van der Waals surface area (Å²) in [6.07, 6.45) is 8.06. The highest BCUT2D eigenvalue weighted by Gasteiger charge is 2.20. The molecule has 1 aliphatic rings. The van der Waals surface area contributed by atoms with Crippen molar-refractivity contribution >= 4 is 11.6 Å². The molecule has 0 N–H and O–H groups in total. The number of carbonyl (C=O) groups excluding carboxylic acids is 1. The molecule has 8 nitrogen and oxygen atoms in total. The third-order valence-corrected chi connectivity index (χ3v) is 3.43. The van der Waals surface area contributed by atoms with Gasteiger partial charge in [0.05, 0.1) is 11.5 Å². The fourth-order valence-electron chi connectivity index (χ4n) is 2.22. The molecule has 0 spiro atoms. The van der Waals surface area contributed by atoms with E-state index in [-0.39, 0.29) is 18.0 Å². The molecule has 0 aliphatic carbocycles. The number of rotatable bonds is 5. The second kappa shape index (κ2) is 6.85. The number of carbonyl (C=O) groups is 1. The van der Waals surface area contributed by atoms with Crippen LogP contribution in [0.3, 0.4) is 0 Å². The lowest BCUT2D eigenvalue weighted by Crippen LogP contribution is -2.48. The molecule has 2 heterocycles. The number of terminal acetylenes is 1. The maximum absolute atomic E-state index is 12.1. The zero-order chi connectivity index (χ0) is 15.2. The topological polar surface area (TPSA) is 84.5 Å². The van der Waals surface area contributed by atoms with Crippen LogP contribution in [0.1, 0.15) is 6.42 Å². The van der Waals surface area contributed by atoms with Crippen molar-refractivity contribution in [3.8, 4) is 12.3 Å². The number of hydrogen-bond acceptors (Lipinski definition) is 5. The van der Waals surface area contributed by atoms with Crippen molar-refractivity contribution in [3.63, 3.8) is 0 Å². The minimum Gasteiger partial charge on any atom is -0.340 e. The highest BCUT2D eigenvalue weighted by molar-refractivity contribution is 5.76. The first-order valence-corrected chi connectivity index (χ1v) is 6.70. The molecule has 1 fully saturated rings. The van der Waals surface area contributed by atoms with Gasteiger partial charge in [0.15, 0.2) is 0 Å². The summed E-state index contributed by atoms with van der Waals surface area (Å²) in [5.74, 6) is 2.63. The van der Waals surface area contributed by atoms with Gasteiger partial charge in [0.25, 0.3) is 0 Å². The molecule has 0 unspecified atom stereocenters.